The molecule has 0 aromatic carbocycles. The molecule has 0 saturated carbocycles. The fraction of sp³-hybridized carbons (Fsp3) is 0.250. The first kappa shape index (κ1) is 18.3. The van der Waals surface area contributed by atoms with Gasteiger partial charge in [-0.3, -0.25) is 19.1 Å². The zero-order chi connectivity index (χ0) is 20.1. The lowest BCUT2D eigenvalue weighted by molar-refractivity contribution is -0.136. The highest BCUT2D eigenvalue weighted by Crippen LogP contribution is 2.37. The molecule has 1 aliphatic rings. The summed E-state index contributed by atoms with van der Waals surface area (Å²) in [4.78, 5) is 29.3. The number of piperazine rings is 1. The summed E-state index contributed by atoms with van der Waals surface area (Å²) in [5.74, 6) is -1.07. The van der Waals surface area contributed by atoms with Gasteiger partial charge in [0.25, 0.3) is 5.91 Å². The Morgan fingerprint density at radius 1 is 1.29 bits per heavy atom. The van der Waals surface area contributed by atoms with Crippen molar-refractivity contribution >= 4 is 29.1 Å². The van der Waals surface area contributed by atoms with Crippen LogP contribution in [0.15, 0.2) is 24.7 Å². The first-order valence-electron chi connectivity index (χ1n) is 8.09. The van der Waals surface area contributed by atoms with Crippen LogP contribution in [-0.2, 0) is 11.0 Å². The number of alkyl halides is 3. The van der Waals surface area contributed by atoms with E-state index in [4.69, 9.17) is 11.6 Å². The summed E-state index contributed by atoms with van der Waals surface area (Å²) in [7, 11) is 0. The molecule has 2 amide bonds. The molecule has 4 heterocycles. The van der Waals surface area contributed by atoms with Gasteiger partial charge in [-0.25, -0.2) is 4.98 Å². The molecule has 0 aliphatic carbocycles. The van der Waals surface area contributed by atoms with Gasteiger partial charge in [0.2, 0.25) is 5.91 Å². The zero-order valence-corrected chi connectivity index (χ0v) is 14.8. The van der Waals surface area contributed by atoms with E-state index in [0.717, 1.165) is 10.5 Å². The van der Waals surface area contributed by atoms with Crippen LogP contribution < -0.4 is 5.32 Å². The van der Waals surface area contributed by atoms with Gasteiger partial charge < -0.3 is 10.2 Å². The van der Waals surface area contributed by atoms with Gasteiger partial charge in [-0.15, -0.1) is 0 Å². The van der Waals surface area contributed by atoms with Crippen molar-refractivity contribution in [2.24, 2.45) is 0 Å². The molecule has 3 aromatic heterocycles. The number of carbonyl (C=O) groups excluding carboxylic acids is 2. The van der Waals surface area contributed by atoms with Crippen molar-refractivity contribution < 1.29 is 22.8 Å². The van der Waals surface area contributed by atoms with E-state index < -0.39 is 23.3 Å². The topological polar surface area (TPSA) is 95.4 Å². The lowest BCUT2D eigenvalue weighted by Crippen LogP contribution is -2.50. The van der Waals surface area contributed by atoms with Crippen LogP contribution in [0.25, 0.3) is 16.8 Å². The molecular formula is C16H12ClF3N6O2. The van der Waals surface area contributed by atoms with E-state index in [1.54, 1.807) is 0 Å². The molecule has 0 atom stereocenters. The molecule has 1 saturated heterocycles. The van der Waals surface area contributed by atoms with Gasteiger partial charge in [0.15, 0.2) is 11.3 Å². The fourth-order valence-corrected chi connectivity index (χ4v) is 3.24. The number of nitrogens with zero attached hydrogens (tertiary/aromatic N) is 4. The van der Waals surface area contributed by atoms with Crippen LogP contribution in [0.5, 0.6) is 0 Å². The monoisotopic (exact) mass is 412 g/mol. The third-order valence-corrected chi connectivity index (χ3v) is 4.69. The molecule has 2 N–H and O–H groups in total. The largest absolute Gasteiger partial charge is 0.420 e. The minimum absolute atomic E-state index is 0.198. The van der Waals surface area contributed by atoms with Crippen LogP contribution in [0.4, 0.5) is 13.2 Å². The Morgan fingerprint density at radius 2 is 2.07 bits per heavy atom. The number of nitrogens with one attached hydrogen (secondary N) is 2. The van der Waals surface area contributed by atoms with Crippen molar-refractivity contribution in [3.05, 3.63) is 41.1 Å². The SMILES string of the molecule is O=C1CN(C(=O)c2nc3c(C(F)(F)F)cc(-c4cn[nH]c4)cn3c2Cl)CCN1. The predicted octanol–water partition coefficient (Wildman–Crippen LogP) is 1.97. The van der Waals surface area contributed by atoms with E-state index in [1.165, 1.54) is 23.5 Å². The Morgan fingerprint density at radius 3 is 2.71 bits per heavy atom. The summed E-state index contributed by atoms with van der Waals surface area (Å²) in [6.45, 7) is 0.241. The number of amides is 2. The zero-order valence-electron chi connectivity index (χ0n) is 14.0. The second-order valence-corrected chi connectivity index (χ2v) is 6.51. The highest BCUT2D eigenvalue weighted by Gasteiger charge is 2.37. The number of H-pyrrole nitrogens is 1. The number of pyridine rings is 1. The van der Waals surface area contributed by atoms with E-state index in [0.29, 0.717) is 5.56 Å². The van der Waals surface area contributed by atoms with Crippen molar-refractivity contribution in [3.63, 3.8) is 0 Å². The van der Waals surface area contributed by atoms with E-state index in [-0.39, 0.29) is 42.0 Å². The average molecular weight is 413 g/mol. The first-order valence-corrected chi connectivity index (χ1v) is 8.47. The summed E-state index contributed by atoms with van der Waals surface area (Å²) < 4.78 is 41.9. The Labute approximate surface area is 160 Å². The highest BCUT2D eigenvalue weighted by atomic mass is 35.5. The molecule has 1 aliphatic heterocycles. The number of hydrogen-bond donors (Lipinski definition) is 2. The molecule has 146 valence electrons. The third-order valence-electron chi connectivity index (χ3n) is 4.33. The highest BCUT2D eigenvalue weighted by molar-refractivity contribution is 6.33. The minimum atomic E-state index is -4.72. The average Bonchev–Trinajstić information content (AvgIpc) is 3.28. The van der Waals surface area contributed by atoms with Gasteiger partial charge in [-0.05, 0) is 6.07 Å². The van der Waals surface area contributed by atoms with Gasteiger partial charge in [-0.1, -0.05) is 11.6 Å². The molecule has 0 unspecified atom stereocenters. The molecule has 0 radical (unpaired) electrons. The minimum Gasteiger partial charge on any atom is -0.353 e. The standard InChI is InChI=1S/C16H12ClF3N6O2/c17-13-12(15(28)25-2-1-21-11(27)7-25)24-14-10(16(18,19)20)3-8(6-26(13)14)9-4-22-23-5-9/h3-6H,1-2,7H2,(H,21,27)(H,22,23). The van der Waals surface area contributed by atoms with Gasteiger partial charge in [0, 0.05) is 36.6 Å². The fourth-order valence-electron chi connectivity index (χ4n) is 2.99. The summed E-state index contributed by atoms with van der Waals surface area (Å²) in [6, 6.07) is 0.923. The number of fused-ring (bicyclic) bond motifs is 1. The molecule has 0 spiro atoms. The maximum atomic E-state index is 13.6. The number of hydrogen-bond acceptors (Lipinski definition) is 4. The van der Waals surface area contributed by atoms with Crippen LogP contribution in [0.1, 0.15) is 16.1 Å². The van der Waals surface area contributed by atoms with Gasteiger partial charge in [0.1, 0.15) is 5.15 Å². The van der Waals surface area contributed by atoms with Crippen molar-refractivity contribution in [1.29, 1.82) is 0 Å². The normalized spacial score (nSPS) is 15.1. The van der Waals surface area contributed by atoms with Crippen molar-refractivity contribution in [2.75, 3.05) is 19.6 Å². The van der Waals surface area contributed by atoms with E-state index in [9.17, 15) is 22.8 Å². The van der Waals surface area contributed by atoms with E-state index in [2.05, 4.69) is 20.5 Å². The molecule has 1 fully saturated rings. The van der Waals surface area contributed by atoms with Crippen LogP contribution in [0.3, 0.4) is 0 Å². The number of halogens is 4. The van der Waals surface area contributed by atoms with Crippen LogP contribution >= 0.6 is 11.6 Å². The van der Waals surface area contributed by atoms with Crippen LogP contribution in [0, 0.1) is 0 Å². The summed E-state index contributed by atoms with van der Waals surface area (Å²) in [6.07, 6.45) is -0.569. The Hall–Kier alpha value is -3.08. The lowest BCUT2D eigenvalue weighted by Gasteiger charge is -2.25. The third kappa shape index (κ3) is 3.07. The molecule has 28 heavy (non-hydrogen) atoms. The summed E-state index contributed by atoms with van der Waals surface area (Å²) in [5.41, 5.74) is -1.26. The predicted molar refractivity (Wildman–Crippen MR) is 91.7 cm³/mol. The number of imidazole rings is 1. The number of rotatable bonds is 2. The number of aromatic amines is 1. The Balaban J connectivity index is 1.87. The van der Waals surface area contributed by atoms with Gasteiger partial charge in [0.05, 0.1) is 18.3 Å². The smallest absolute Gasteiger partial charge is 0.353 e. The van der Waals surface area contributed by atoms with Crippen molar-refractivity contribution in [2.45, 2.75) is 6.18 Å². The summed E-state index contributed by atoms with van der Waals surface area (Å²) >= 11 is 6.22. The molecule has 3 aromatic rings. The Bertz CT molecular complexity index is 1080. The lowest BCUT2D eigenvalue weighted by atomic mass is 10.1. The maximum Gasteiger partial charge on any atom is 0.420 e. The van der Waals surface area contributed by atoms with Crippen LogP contribution in [0.2, 0.25) is 5.15 Å². The quantitative estimate of drug-likeness (QED) is 0.672. The maximum absolute atomic E-state index is 13.6. The molecule has 12 heteroatoms. The van der Waals surface area contributed by atoms with E-state index >= 15 is 0 Å². The molecule has 4 rings (SSSR count). The molecular weight excluding hydrogens is 401 g/mol. The number of carbonyl (C=O) groups is 2. The second kappa shape index (κ2) is 6.51. The first-order chi connectivity index (χ1) is 13.3. The van der Waals surface area contributed by atoms with Gasteiger partial charge >= 0.3 is 6.18 Å². The number of aromatic nitrogens is 4. The molecule has 8 nitrogen and oxygen atoms in total. The van der Waals surface area contributed by atoms with Crippen molar-refractivity contribution in [3.8, 4) is 11.1 Å². The van der Waals surface area contributed by atoms with Gasteiger partial charge in [-0.2, -0.15) is 18.3 Å². The van der Waals surface area contributed by atoms with Crippen LogP contribution in [-0.4, -0.2) is 55.9 Å². The second-order valence-electron chi connectivity index (χ2n) is 6.15. The summed E-state index contributed by atoms with van der Waals surface area (Å²) in [5, 5.41) is 8.56. The Kier molecular flexibility index (Phi) is 4.26. The van der Waals surface area contributed by atoms with E-state index in [1.807, 2.05) is 0 Å². The molecule has 0 bridgehead atoms. The van der Waals surface area contributed by atoms with Crippen molar-refractivity contribution in [1.82, 2.24) is 29.8 Å².